The normalized spacial score (nSPS) is 22.0. The number of rotatable bonds is 3. The molecular weight excluding hydrogens is 182 g/mol. The third-order valence-electron chi connectivity index (χ3n) is 2.31. The Balaban J connectivity index is 1.73. The number of carbonyl (C=O) groups is 1. The van der Waals surface area contributed by atoms with E-state index in [1.165, 1.54) is 6.39 Å². The van der Waals surface area contributed by atoms with E-state index in [4.69, 9.17) is 4.42 Å². The molecule has 76 valence electrons. The second kappa shape index (κ2) is 4.23. The summed E-state index contributed by atoms with van der Waals surface area (Å²) < 4.78 is 5.08. The van der Waals surface area contributed by atoms with Gasteiger partial charge in [-0.15, -0.1) is 0 Å². The molecular formula is C9H13N3O2. The van der Waals surface area contributed by atoms with Crippen LogP contribution >= 0.6 is 0 Å². The zero-order chi connectivity index (χ0) is 9.80. The van der Waals surface area contributed by atoms with Crippen LogP contribution in [0.25, 0.3) is 0 Å². The number of nitrogens with one attached hydrogen (secondary N) is 2. The van der Waals surface area contributed by atoms with Gasteiger partial charge in [0.25, 0.3) is 0 Å². The van der Waals surface area contributed by atoms with Gasteiger partial charge in [-0.25, -0.2) is 4.98 Å². The van der Waals surface area contributed by atoms with Gasteiger partial charge in [0, 0.05) is 19.0 Å². The van der Waals surface area contributed by atoms with E-state index >= 15 is 0 Å². The van der Waals surface area contributed by atoms with Crippen molar-refractivity contribution >= 4 is 5.91 Å². The molecule has 0 saturated carbocycles. The molecule has 1 aromatic heterocycles. The first-order valence-corrected chi connectivity index (χ1v) is 4.72. The van der Waals surface area contributed by atoms with Crippen LogP contribution in [0.4, 0.5) is 0 Å². The summed E-state index contributed by atoms with van der Waals surface area (Å²) in [5.74, 6) is 0.963. The van der Waals surface area contributed by atoms with E-state index < -0.39 is 0 Å². The highest BCUT2D eigenvalue weighted by Gasteiger charge is 2.17. The number of piperidine rings is 1. The van der Waals surface area contributed by atoms with Crippen molar-refractivity contribution in [2.24, 2.45) is 0 Å². The average molecular weight is 195 g/mol. The standard InChI is InChI=1S/C9H13N3O2/c13-9-2-1-7(3-12-9)11-5-8-4-10-6-14-8/h4,6-7,11H,1-3,5H2,(H,12,13). The number of hydrogen-bond donors (Lipinski definition) is 2. The van der Waals surface area contributed by atoms with Crippen molar-refractivity contribution in [3.63, 3.8) is 0 Å². The second-order valence-corrected chi connectivity index (χ2v) is 3.39. The molecule has 1 unspecified atom stereocenters. The van der Waals surface area contributed by atoms with Crippen molar-refractivity contribution in [1.82, 2.24) is 15.6 Å². The zero-order valence-electron chi connectivity index (χ0n) is 7.82. The number of nitrogens with zero attached hydrogens (tertiary/aromatic N) is 1. The van der Waals surface area contributed by atoms with Crippen LogP contribution in [0.5, 0.6) is 0 Å². The molecule has 1 aliphatic heterocycles. The molecule has 1 aromatic rings. The van der Waals surface area contributed by atoms with Gasteiger partial charge in [0.1, 0.15) is 5.76 Å². The van der Waals surface area contributed by atoms with Crippen molar-refractivity contribution in [1.29, 1.82) is 0 Å². The number of aromatic nitrogens is 1. The molecule has 1 fully saturated rings. The Morgan fingerprint density at radius 2 is 2.64 bits per heavy atom. The molecule has 2 rings (SSSR count). The molecule has 2 N–H and O–H groups in total. The summed E-state index contributed by atoms with van der Waals surface area (Å²) in [6.07, 6.45) is 4.60. The number of amides is 1. The molecule has 5 nitrogen and oxygen atoms in total. The zero-order valence-corrected chi connectivity index (χ0v) is 7.82. The van der Waals surface area contributed by atoms with Crippen molar-refractivity contribution in [2.45, 2.75) is 25.4 Å². The molecule has 1 aliphatic rings. The van der Waals surface area contributed by atoms with Gasteiger partial charge in [0.15, 0.2) is 6.39 Å². The van der Waals surface area contributed by atoms with Crippen LogP contribution in [0.3, 0.4) is 0 Å². The fourth-order valence-corrected chi connectivity index (χ4v) is 1.48. The number of hydrogen-bond acceptors (Lipinski definition) is 4. The summed E-state index contributed by atoms with van der Waals surface area (Å²) >= 11 is 0. The van der Waals surface area contributed by atoms with E-state index in [9.17, 15) is 4.79 Å². The van der Waals surface area contributed by atoms with Gasteiger partial charge in [-0.05, 0) is 6.42 Å². The van der Waals surface area contributed by atoms with Gasteiger partial charge in [-0.2, -0.15) is 0 Å². The van der Waals surface area contributed by atoms with E-state index in [2.05, 4.69) is 15.6 Å². The fourth-order valence-electron chi connectivity index (χ4n) is 1.48. The summed E-state index contributed by atoms with van der Waals surface area (Å²) in [5.41, 5.74) is 0. The minimum atomic E-state index is 0.141. The number of carbonyl (C=O) groups excluding carboxylic acids is 1. The third kappa shape index (κ3) is 2.32. The van der Waals surface area contributed by atoms with Crippen LogP contribution in [-0.2, 0) is 11.3 Å². The molecule has 1 atom stereocenters. The highest BCUT2D eigenvalue weighted by atomic mass is 16.3. The molecule has 1 saturated heterocycles. The van der Waals surface area contributed by atoms with E-state index in [0.29, 0.717) is 25.6 Å². The van der Waals surface area contributed by atoms with Gasteiger partial charge in [-0.1, -0.05) is 0 Å². The van der Waals surface area contributed by atoms with E-state index in [1.54, 1.807) is 6.20 Å². The summed E-state index contributed by atoms with van der Waals surface area (Å²) in [6.45, 7) is 1.37. The molecule has 5 heteroatoms. The first kappa shape index (κ1) is 9.21. The molecule has 14 heavy (non-hydrogen) atoms. The Labute approximate surface area is 81.9 Å². The lowest BCUT2D eigenvalue weighted by Crippen LogP contribution is -2.45. The smallest absolute Gasteiger partial charge is 0.220 e. The topological polar surface area (TPSA) is 67.2 Å². The Bertz CT molecular complexity index is 287. The Morgan fingerprint density at radius 3 is 3.29 bits per heavy atom. The largest absolute Gasteiger partial charge is 0.447 e. The van der Waals surface area contributed by atoms with Crippen LogP contribution in [0.2, 0.25) is 0 Å². The maximum Gasteiger partial charge on any atom is 0.220 e. The average Bonchev–Trinajstić information content (AvgIpc) is 2.70. The predicted octanol–water partition coefficient (Wildman–Crippen LogP) is 0.0428. The van der Waals surface area contributed by atoms with Crippen LogP contribution < -0.4 is 10.6 Å². The molecule has 0 spiro atoms. The molecule has 2 heterocycles. The Morgan fingerprint density at radius 1 is 1.71 bits per heavy atom. The summed E-state index contributed by atoms with van der Waals surface area (Å²) in [7, 11) is 0. The molecule has 0 radical (unpaired) electrons. The number of oxazole rings is 1. The SMILES string of the molecule is O=C1CCC(NCc2cnco2)CN1. The molecule has 1 amide bonds. The van der Waals surface area contributed by atoms with E-state index in [1.807, 2.05) is 0 Å². The highest BCUT2D eigenvalue weighted by Crippen LogP contribution is 2.04. The van der Waals surface area contributed by atoms with Crippen LogP contribution in [-0.4, -0.2) is 23.5 Å². The van der Waals surface area contributed by atoms with Gasteiger partial charge in [0.2, 0.25) is 5.91 Å². The third-order valence-corrected chi connectivity index (χ3v) is 2.31. The highest BCUT2D eigenvalue weighted by molar-refractivity contribution is 5.76. The maximum atomic E-state index is 10.9. The second-order valence-electron chi connectivity index (χ2n) is 3.39. The molecule has 0 aliphatic carbocycles. The minimum Gasteiger partial charge on any atom is -0.447 e. The summed E-state index contributed by atoms with van der Waals surface area (Å²) in [5, 5.41) is 6.11. The first-order chi connectivity index (χ1) is 6.84. The Hall–Kier alpha value is -1.36. The lowest BCUT2D eigenvalue weighted by atomic mass is 10.1. The van der Waals surface area contributed by atoms with Gasteiger partial charge in [-0.3, -0.25) is 4.79 Å². The molecule has 0 bridgehead atoms. The van der Waals surface area contributed by atoms with Crippen LogP contribution in [0.15, 0.2) is 17.0 Å². The van der Waals surface area contributed by atoms with Crippen molar-refractivity contribution in [2.75, 3.05) is 6.54 Å². The van der Waals surface area contributed by atoms with Gasteiger partial charge >= 0.3 is 0 Å². The van der Waals surface area contributed by atoms with Crippen LogP contribution in [0, 0.1) is 0 Å². The summed E-state index contributed by atoms with van der Waals surface area (Å²) in [6, 6.07) is 0.345. The quantitative estimate of drug-likeness (QED) is 0.714. The monoisotopic (exact) mass is 195 g/mol. The molecule has 0 aromatic carbocycles. The van der Waals surface area contributed by atoms with E-state index in [0.717, 1.165) is 12.2 Å². The van der Waals surface area contributed by atoms with Crippen molar-refractivity contribution in [3.05, 3.63) is 18.4 Å². The van der Waals surface area contributed by atoms with Gasteiger partial charge in [0.05, 0.1) is 12.7 Å². The predicted molar refractivity (Wildman–Crippen MR) is 49.4 cm³/mol. The van der Waals surface area contributed by atoms with Gasteiger partial charge < -0.3 is 15.1 Å². The lowest BCUT2D eigenvalue weighted by molar-refractivity contribution is -0.122. The van der Waals surface area contributed by atoms with Crippen LogP contribution in [0.1, 0.15) is 18.6 Å². The maximum absolute atomic E-state index is 10.9. The summed E-state index contributed by atoms with van der Waals surface area (Å²) in [4.78, 5) is 14.7. The van der Waals surface area contributed by atoms with Crippen molar-refractivity contribution < 1.29 is 9.21 Å². The fraction of sp³-hybridized carbons (Fsp3) is 0.556. The lowest BCUT2D eigenvalue weighted by Gasteiger charge is -2.22. The van der Waals surface area contributed by atoms with Crippen molar-refractivity contribution in [3.8, 4) is 0 Å². The minimum absolute atomic E-state index is 0.141. The first-order valence-electron chi connectivity index (χ1n) is 4.72. The van der Waals surface area contributed by atoms with E-state index in [-0.39, 0.29) is 5.91 Å². The Kier molecular flexibility index (Phi) is 2.78.